The minimum atomic E-state index is -1.56. The van der Waals surface area contributed by atoms with Crippen molar-refractivity contribution in [1.29, 1.82) is 0 Å². The number of fused-ring (bicyclic) bond motifs is 2. The van der Waals surface area contributed by atoms with Crippen LogP contribution < -0.4 is 4.74 Å². The average molecular weight is 450 g/mol. The molecule has 0 aliphatic heterocycles. The summed E-state index contributed by atoms with van der Waals surface area (Å²) in [5.41, 5.74) is 0.593. The molecule has 0 atom stereocenters. The van der Waals surface area contributed by atoms with Crippen molar-refractivity contribution in [2.75, 3.05) is 7.11 Å². The Bertz CT molecular complexity index is 1460. The van der Waals surface area contributed by atoms with Crippen LogP contribution in [-0.2, 0) is 0 Å². The van der Waals surface area contributed by atoms with Crippen LogP contribution in [0.15, 0.2) is 72.8 Å². The van der Waals surface area contributed by atoms with E-state index in [2.05, 4.69) is 0 Å². The van der Waals surface area contributed by atoms with E-state index in [0.717, 1.165) is 24.3 Å². The van der Waals surface area contributed by atoms with Crippen molar-refractivity contribution in [1.82, 2.24) is 0 Å². The number of ether oxygens (including phenoxy) is 1. The molecule has 0 radical (unpaired) electrons. The van der Waals surface area contributed by atoms with Crippen LogP contribution in [0.3, 0.4) is 0 Å². The van der Waals surface area contributed by atoms with E-state index in [1.807, 2.05) is 0 Å². The van der Waals surface area contributed by atoms with Gasteiger partial charge in [-0.3, -0.25) is 0 Å². The standard InChI is InChI=1S/C27H15F5O/c1-33-15-12-20(28)26(21(29)13-15)25-18-8-4-2-6-16(18)24(17-7-3-5-9-19(17)25)14-10-22(30)27(32)23(31)11-14/h2-13H,1H3. The summed E-state index contributed by atoms with van der Waals surface area (Å²) in [6, 6.07) is 17.6. The van der Waals surface area contributed by atoms with Crippen molar-refractivity contribution in [3.63, 3.8) is 0 Å². The molecule has 0 bridgehead atoms. The lowest BCUT2D eigenvalue weighted by molar-refractivity contribution is 0.407. The zero-order valence-electron chi connectivity index (χ0n) is 17.2. The SMILES string of the molecule is COc1cc(F)c(-c2c3ccccc3c(-c3cc(F)c(F)c(F)c3)c3ccccc23)c(F)c1. The summed E-state index contributed by atoms with van der Waals surface area (Å²) in [6.45, 7) is 0. The molecule has 5 aromatic carbocycles. The second kappa shape index (κ2) is 7.89. The topological polar surface area (TPSA) is 9.23 Å². The fourth-order valence-electron chi connectivity index (χ4n) is 4.32. The molecule has 0 amide bonds. The van der Waals surface area contributed by atoms with Gasteiger partial charge in [0.1, 0.15) is 17.4 Å². The highest BCUT2D eigenvalue weighted by Crippen LogP contribution is 2.45. The van der Waals surface area contributed by atoms with Gasteiger partial charge in [-0.1, -0.05) is 48.5 Å². The molecule has 0 N–H and O–H groups in total. The molecule has 0 unspecified atom stereocenters. The maximum absolute atomic E-state index is 15.2. The van der Waals surface area contributed by atoms with Gasteiger partial charge >= 0.3 is 0 Å². The molecular weight excluding hydrogens is 435 g/mol. The minimum Gasteiger partial charge on any atom is -0.497 e. The second-order valence-corrected chi connectivity index (χ2v) is 7.56. The van der Waals surface area contributed by atoms with E-state index in [-0.39, 0.29) is 16.9 Å². The number of hydrogen-bond acceptors (Lipinski definition) is 1. The van der Waals surface area contributed by atoms with E-state index in [9.17, 15) is 13.2 Å². The molecule has 6 heteroatoms. The minimum absolute atomic E-state index is 0.0382. The number of halogens is 5. The summed E-state index contributed by atoms with van der Waals surface area (Å²) in [5, 5.41) is 1.95. The zero-order valence-corrected chi connectivity index (χ0v) is 17.2. The Hall–Kier alpha value is -3.93. The van der Waals surface area contributed by atoms with Crippen LogP contribution in [0.2, 0.25) is 0 Å². The van der Waals surface area contributed by atoms with E-state index in [1.165, 1.54) is 7.11 Å². The predicted molar refractivity (Wildman–Crippen MR) is 119 cm³/mol. The number of hydrogen-bond donors (Lipinski definition) is 0. The summed E-state index contributed by atoms with van der Waals surface area (Å²) in [7, 11) is 1.31. The molecule has 0 aliphatic rings. The van der Waals surface area contributed by atoms with E-state index < -0.39 is 29.1 Å². The molecule has 1 nitrogen and oxygen atoms in total. The third-order valence-corrected chi connectivity index (χ3v) is 5.71. The van der Waals surface area contributed by atoms with Gasteiger partial charge in [-0.2, -0.15) is 0 Å². The average Bonchev–Trinajstić information content (AvgIpc) is 2.81. The Kier molecular flexibility index (Phi) is 5.01. The van der Waals surface area contributed by atoms with Gasteiger partial charge in [0.25, 0.3) is 0 Å². The summed E-state index contributed by atoms with van der Waals surface area (Å²) < 4.78 is 77.2. The molecule has 5 aromatic rings. The summed E-state index contributed by atoms with van der Waals surface area (Å²) in [5.74, 6) is -5.80. The van der Waals surface area contributed by atoms with Crippen LogP contribution in [0.25, 0.3) is 43.8 Å². The first kappa shape index (κ1) is 20.9. The van der Waals surface area contributed by atoms with Crippen LogP contribution in [0.4, 0.5) is 22.0 Å². The largest absolute Gasteiger partial charge is 0.497 e. The van der Waals surface area contributed by atoms with Gasteiger partial charge in [-0.15, -0.1) is 0 Å². The first-order chi connectivity index (χ1) is 15.9. The molecule has 0 saturated carbocycles. The van der Waals surface area contributed by atoms with Crippen molar-refractivity contribution in [2.45, 2.75) is 0 Å². The smallest absolute Gasteiger partial charge is 0.194 e. The Labute approximate surface area is 185 Å². The fourth-order valence-corrected chi connectivity index (χ4v) is 4.32. The van der Waals surface area contributed by atoms with Gasteiger partial charge in [0.05, 0.1) is 12.7 Å². The third-order valence-electron chi connectivity index (χ3n) is 5.71. The first-order valence-electron chi connectivity index (χ1n) is 10.0. The highest BCUT2D eigenvalue weighted by atomic mass is 19.2. The molecule has 164 valence electrons. The number of benzene rings is 5. The van der Waals surface area contributed by atoms with Gasteiger partial charge in [-0.05, 0) is 44.8 Å². The lowest BCUT2D eigenvalue weighted by atomic mass is 9.85. The van der Waals surface area contributed by atoms with E-state index in [1.54, 1.807) is 48.5 Å². The predicted octanol–water partition coefficient (Wildman–Crippen LogP) is 8.03. The molecular formula is C27H15F5O. The molecule has 0 spiro atoms. The summed E-state index contributed by atoms with van der Waals surface area (Å²) in [6.07, 6.45) is 0. The maximum Gasteiger partial charge on any atom is 0.194 e. The molecule has 5 rings (SSSR count). The zero-order chi connectivity index (χ0) is 23.3. The van der Waals surface area contributed by atoms with E-state index in [0.29, 0.717) is 32.7 Å². The first-order valence-corrected chi connectivity index (χ1v) is 10.0. The van der Waals surface area contributed by atoms with Gasteiger partial charge in [0.15, 0.2) is 17.5 Å². The van der Waals surface area contributed by atoms with Crippen molar-refractivity contribution < 1.29 is 26.7 Å². The van der Waals surface area contributed by atoms with Crippen molar-refractivity contribution in [2.24, 2.45) is 0 Å². The normalized spacial score (nSPS) is 11.3. The second-order valence-electron chi connectivity index (χ2n) is 7.56. The highest BCUT2D eigenvalue weighted by molar-refractivity contribution is 6.21. The fraction of sp³-hybridized carbons (Fsp3) is 0.0370. The molecule has 0 aliphatic carbocycles. The van der Waals surface area contributed by atoms with Crippen molar-refractivity contribution in [3.8, 4) is 28.0 Å². The van der Waals surface area contributed by atoms with Crippen LogP contribution in [0, 0.1) is 29.1 Å². The third kappa shape index (κ3) is 3.30. The molecule has 33 heavy (non-hydrogen) atoms. The monoisotopic (exact) mass is 450 g/mol. The molecule has 0 aromatic heterocycles. The molecule has 0 heterocycles. The highest BCUT2D eigenvalue weighted by Gasteiger charge is 2.23. The van der Waals surface area contributed by atoms with Gasteiger partial charge < -0.3 is 4.74 Å². The molecule has 0 saturated heterocycles. The van der Waals surface area contributed by atoms with Crippen LogP contribution >= 0.6 is 0 Å². The van der Waals surface area contributed by atoms with Gasteiger partial charge in [-0.25, -0.2) is 22.0 Å². The quantitative estimate of drug-likeness (QED) is 0.154. The lowest BCUT2D eigenvalue weighted by Crippen LogP contribution is -1.98. The van der Waals surface area contributed by atoms with Crippen LogP contribution in [-0.4, -0.2) is 7.11 Å². The van der Waals surface area contributed by atoms with Gasteiger partial charge in [0, 0.05) is 17.7 Å². The summed E-state index contributed by atoms with van der Waals surface area (Å²) >= 11 is 0. The van der Waals surface area contributed by atoms with Crippen LogP contribution in [0.5, 0.6) is 5.75 Å². The number of methoxy groups -OCH3 is 1. The van der Waals surface area contributed by atoms with Crippen LogP contribution in [0.1, 0.15) is 0 Å². The maximum atomic E-state index is 15.2. The Morgan fingerprint density at radius 1 is 0.515 bits per heavy atom. The molecule has 0 fully saturated rings. The number of rotatable bonds is 3. The van der Waals surface area contributed by atoms with Crippen molar-refractivity contribution >= 4 is 21.5 Å². The summed E-state index contributed by atoms with van der Waals surface area (Å²) in [4.78, 5) is 0. The van der Waals surface area contributed by atoms with E-state index >= 15 is 8.78 Å². The Morgan fingerprint density at radius 3 is 1.36 bits per heavy atom. The lowest BCUT2D eigenvalue weighted by Gasteiger charge is -2.18. The van der Waals surface area contributed by atoms with E-state index in [4.69, 9.17) is 4.74 Å². The van der Waals surface area contributed by atoms with Crippen molar-refractivity contribution in [3.05, 3.63) is 102 Å². The van der Waals surface area contributed by atoms with Gasteiger partial charge in [0.2, 0.25) is 0 Å². The Morgan fingerprint density at radius 2 is 0.939 bits per heavy atom. The Balaban J connectivity index is 1.98.